The number of amides is 1. The van der Waals surface area contributed by atoms with Crippen molar-refractivity contribution in [2.75, 3.05) is 6.61 Å². The van der Waals surface area contributed by atoms with Crippen molar-refractivity contribution in [3.63, 3.8) is 0 Å². The minimum atomic E-state index is -0.198. The zero-order valence-corrected chi connectivity index (χ0v) is 15.8. The van der Waals surface area contributed by atoms with Gasteiger partial charge >= 0.3 is 0 Å². The normalized spacial score (nSPS) is 14.0. The second-order valence-corrected chi connectivity index (χ2v) is 7.14. The number of hydrogen-bond donors (Lipinski definition) is 1. The first-order valence-electron chi connectivity index (χ1n) is 9.58. The first-order valence-corrected chi connectivity index (χ1v) is 9.58. The lowest BCUT2D eigenvalue weighted by atomic mass is 10.1. The number of rotatable bonds is 7. The molecule has 7 heteroatoms. The number of fused-ring (bicyclic) bond motifs is 2. The standard InChI is InChI=1S/C21H23N3O4/c1-14(6-7-15-4-3-11-27-15)22-20(25)13-28-16-8-9-18-17(12-16)21(26)24-10-2-5-19(24)23-18/h3-4,8-9,11-12,14H,2,5-7,10,13H2,1H3,(H,22,25)/t14-/m1/s1. The fourth-order valence-electron chi connectivity index (χ4n) is 3.50. The third-order valence-electron chi connectivity index (χ3n) is 4.97. The van der Waals surface area contributed by atoms with Gasteiger partial charge in [0.25, 0.3) is 11.5 Å². The zero-order chi connectivity index (χ0) is 19.5. The maximum absolute atomic E-state index is 12.6. The summed E-state index contributed by atoms with van der Waals surface area (Å²) in [6.45, 7) is 2.56. The molecule has 0 bridgehead atoms. The molecule has 4 rings (SSSR count). The highest BCUT2D eigenvalue weighted by Crippen LogP contribution is 2.19. The van der Waals surface area contributed by atoms with Gasteiger partial charge in [0.15, 0.2) is 6.61 Å². The number of aryl methyl sites for hydroxylation is 2. The Morgan fingerprint density at radius 3 is 3.11 bits per heavy atom. The van der Waals surface area contributed by atoms with E-state index >= 15 is 0 Å². The molecule has 1 aromatic carbocycles. The van der Waals surface area contributed by atoms with Crippen molar-refractivity contribution < 1.29 is 13.9 Å². The van der Waals surface area contributed by atoms with E-state index in [4.69, 9.17) is 9.15 Å². The number of carbonyl (C=O) groups is 1. The van der Waals surface area contributed by atoms with E-state index in [1.165, 1.54) is 0 Å². The Kier molecular flexibility index (Phi) is 5.14. The quantitative estimate of drug-likeness (QED) is 0.679. The Labute approximate surface area is 162 Å². The molecule has 0 unspecified atom stereocenters. The Bertz CT molecular complexity index is 1040. The fourth-order valence-corrected chi connectivity index (χ4v) is 3.50. The molecule has 146 valence electrons. The molecule has 2 aromatic heterocycles. The van der Waals surface area contributed by atoms with Crippen LogP contribution in [0.3, 0.4) is 0 Å². The number of hydrogen-bond acceptors (Lipinski definition) is 5. The molecule has 28 heavy (non-hydrogen) atoms. The molecule has 1 N–H and O–H groups in total. The molecule has 3 heterocycles. The topological polar surface area (TPSA) is 86.4 Å². The van der Waals surface area contributed by atoms with Crippen LogP contribution in [0.5, 0.6) is 5.75 Å². The van der Waals surface area contributed by atoms with E-state index < -0.39 is 0 Å². The molecule has 1 aliphatic rings. The molecule has 0 saturated heterocycles. The lowest BCUT2D eigenvalue weighted by Gasteiger charge is -2.14. The largest absolute Gasteiger partial charge is 0.484 e. The molecule has 0 saturated carbocycles. The zero-order valence-electron chi connectivity index (χ0n) is 15.8. The van der Waals surface area contributed by atoms with Crippen LogP contribution >= 0.6 is 0 Å². The van der Waals surface area contributed by atoms with Gasteiger partial charge in [-0.3, -0.25) is 14.2 Å². The number of benzene rings is 1. The van der Waals surface area contributed by atoms with Crippen LogP contribution in [0.4, 0.5) is 0 Å². The SMILES string of the molecule is C[C@H](CCc1ccco1)NC(=O)COc1ccc2nc3n(c(=O)c2c1)CCC3. The number of aromatic nitrogens is 2. The maximum Gasteiger partial charge on any atom is 0.261 e. The molecular weight excluding hydrogens is 358 g/mol. The Balaban J connectivity index is 1.34. The monoisotopic (exact) mass is 381 g/mol. The van der Waals surface area contributed by atoms with Crippen LogP contribution in [0.1, 0.15) is 31.4 Å². The number of nitrogens with one attached hydrogen (secondary N) is 1. The Hall–Kier alpha value is -3.09. The Morgan fingerprint density at radius 2 is 2.29 bits per heavy atom. The molecular formula is C21H23N3O4. The van der Waals surface area contributed by atoms with E-state index in [0.717, 1.165) is 37.3 Å². The second-order valence-electron chi connectivity index (χ2n) is 7.14. The third kappa shape index (κ3) is 3.93. The highest BCUT2D eigenvalue weighted by atomic mass is 16.5. The predicted octanol–water partition coefficient (Wildman–Crippen LogP) is 2.45. The fraction of sp³-hybridized carbons (Fsp3) is 0.381. The van der Waals surface area contributed by atoms with Crippen LogP contribution in [-0.4, -0.2) is 28.1 Å². The second kappa shape index (κ2) is 7.88. The van der Waals surface area contributed by atoms with Crippen molar-refractivity contribution >= 4 is 16.8 Å². The van der Waals surface area contributed by atoms with Crippen molar-refractivity contribution in [3.8, 4) is 5.75 Å². The number of carbonyl (C=O) groups excluding carboxylic acids is 1. The van der Waals surface area contributed by atoms with E-state index in [9.17, 15) is 9.59 Å². The van der Waals surface area contributed by atoms with Crippen LogP contribution in [0.2, 0.25) is 0 Å². The maximum atomic E-state index is 12.6. The lowest BCUT2D eigenvalue weighted by molar-refractivity contribution is -0.123. The summed E-state index contributed by atoms with van der Waals surface area (Å²) in [7, 11) is 0. The van der Waals surface area contributed by atoms with E-state index in [1.807, 2.05) is 19.1 Å². The molecule has 1 atom stereocenters. The average Bonchev–Trinajstić information content (AvgIpc) is 3.37. The van der Waals surface area contributed by atoms with Gasteiger partial charge in [0, 0.05) is 25.4 Å². The van der Waals surface area contributed by atoms with Crippen LogP contribution in [-0.2, 0) is 24.2 Å². The summed E-state index contributed by atoms with van der Waals surface area (Å²) in [6.07, 6.45) is 4.97. The average molecular weight is 381 g/mol. The molecule has 7 nitrogen and oxygen atoms in total. The van der Waals surface area contributed by atoms with Gasteiger partial charge in [-0.1, -0.05) is 0 Å². The van der Waals surface area contributed by atoms with Crippen LogP contribution in [0.25, 0.3) is 10.9 Å². The molecule has 1 aliphatic heterocycles. The van der Waals surface area contributed by atoms with Gasteiger partial charge in [0.2, 0.25) is 0 Å². The van der Waals surface area contributed by atoms with Crippen molar-refractivity contribution in [1.82, 2.24) is 14.9 Å². The summed E-state index contributed by atoms with van der Waals surface area (Å²) < 4.78 is 12.6. The predicted molar refractivity (Wildman–Crippen MR) is 104 cm³/mol. The third-order valence-corrected chi connectivity index (χ3v) is 4.97. The molecule has 1 amide bonds. The lowest BCUT2D eigenvalue weighted by Crippen LogP contribution is -2.36. The van der Waals surface area contributed by atoms with Gasteiger partial charge in [-0.25, -0.2) is 4.98 Å². The molecule has 0 spiro atoms. The van der Waals surface area contributed by atoms with Gasteiger partial charge in [0.05, 0.1) is 17.2 Å². The summed E-state index contributed by atoms with van der Waals surface area (Å²) in [5.74, 6) is 2.04. The molecule has 0 fully saturated rings. The van der Waals surface area contributed by atoms with Crippen LogP contribution in [0.15, 0.2) is 45.8 Å². The van der Waals surface area contributed by atoms with E-state index in [0.29, 0.717) is 23.2 Å². The molecule has 0 aliphatic carbocycles. The number of nitrogens with zero attached hydrogens (tertiary/aromatic N) is 2. The summed E-state index contributed by atoms with van der Waals surface area (Å²) in [5, 5.41) is 3.43. The van der Waals surface area contributed by atoms with Crippen molar-refractivity contribution in [2.45, 2.75) is 45.2 Å². The van der Waals surface area contributed by atoms with E-state index in [2.05, 4.69) is 10.3 Å². The highest BCUT2D eigenvalue weighted by molar-refractivity contribution is 5.80. The highest BCUT2D eigenvalue weighted by Gasteiger charge is 2.16. The van der Waals surface area contributed by atoms with Crippen LogP contribution in [0, 0.1) is 0 Å². The molecule has 3 aromatic rings. The minimum Gasteiger partial charge on any atom is -0.484 e. The first-order chi connectivity index (χ1) is 13.6. The number of ether oxygens (including phenoxy) is 1. The van der Waals surface area contributed by atoms with Crippen molar-refractivity contribution in [1.29, 1.82) is 0 Å². The summed E-state index contributed by atoms with van der Waals surface area (Å²) >= 11 is 0. The van der Waals surface area contributed by atoms with Gasteiger partial charge in [-0.05, 0) is 50.1 Å². The Morgan fingerprint density at radius 1 is 1.39 bits per heavy atom. The molecule has 0 radical (unpaired) electrons. The first kappa shape index (κ1) is 18.3. The summed E-state index contributed by atoms with van der Waals surface area (Å²) in [4.78, 5) is 29.3. The van der Waals surface area contributed by atoms with Gasteiger partial charge < -0.3 is 14.5 Å². The summed E-state index contributed by atoms with van der Waals surface area (Å²) in [5.41, 5.74) is 0.625. The van der Waals surface area contributed by atoms with E-state index in [-0.39, 0.29) is 24.1 Å². The van der Waals surface area contributed by atoms with Gasteiger partial charge in [0.1, 0.15) is 17.3 Å². The van der Waals surface area contributed by atoms with Gasteiger partial charge in [-0.15, -0.1) is 0 Å². The number of furan rings is 1. The minimum absolute atomic E-state index is 0.00855. The van der Waals surface area contributed by atoms with E-state index in [1.54, 1.807) is 29.0 Å². The van der Waals surface area contributed by atoms with Crippen molar-refractivity contribution in [2.24, 2.45) is 0 Å². The van der Waals surface area contributed by atoms with Crippen molar-refractivity contribution in [3.05, 3.63) is 58.5 Å². The summed E-state index contributed by atoms with van der Waals surface area (Å²) in [6, 6.07) is 8.97. The smallest absolute Gasteiger partial charge is 0.261 e. The van der Waals surface area contributed by atoms with Crippen LogP contribution < -0.4 is 15.6 Å². The van der Waals surface area contributed by atoms with Gasteiger partial charge in [-0.2, -0.15) is 0 Å².